The Hall–Kier alpha value is 0.300. The van der Waals surface area contributed by atoms with Crippen LogP contribution in [-0.2, 0) is 10.7 Å². The van der Waals surface area contributed by atoms with Crippen LogP contribution in [0.15, 0.2) is 0 Å². The van der Waals surface area contributed by atoms with E-state index in [0.29, 0.717) is 5.75 Å². The standard InChI is InChI=1S/C3H8O2S2/c1-6-2-3-7(4)5/h7H,2-3H2,1H3. The number of rotatable bonds is 3. The van der Waals surface area contributed by atoms with Crippen molar-refractivity contribution in [2.45, 2.75) is 0 Å². The van der Waals surface area contributed by atoms with Gasteiger partial charge >= 0.3 is 0 Å². The maximum Gasteiger partial charge on any atom is 0.140 e. The van der Waals surface area contributed by atoms with Crippen molar-refractivity contribution >= 4 is 22.5 Å². The molecule has 0 rings (SSSR count). The Labute approximate surface area is 49.2 Å². The third-order valence-corrected chi connectivity index (χ3v) is 1.98. The van der Waals surface area contributed by atoms with Crippen LogP contribution in [0.1, 0.15) is 0 Å². The summed E-state index contributed by atoms with van der Waals surface area (Å²) in [6.45, 7) is 0. The summed E-state index contributed by atoms with van der Waals surface area (Å²) in [6, 6.07) is 0. The highest BCUT2D eigenvalue weighted by molar-refractivity contribution is 7.99. The first kappa shape index (κ1) is 7.30. The molecule has 0 aliphatic rings. The molecule has 0 spiro atoms. The molecule has 2 nitrogen and oxygen atoms in total. The van der Waals surface area contributed by atoms with Crippen molar-refractivity contribution in [3.63, 3.8) is 0 Å². The molecule has 0 saturated carbocycles. The highest BCUT2D eigenvalue weighted by Crippen LogP contribution is 1.87. The Morgan fingerprint density at radius 3 is 2.29 bits per heavy atom. The number of hydrogen-bond acceptors (Lipinski definition) is 3. The first-order chi connectivity index (χ1) is 3.27. The van der Waals surface area contributed by atoms with Gasteiger partial charge in [-0.25, -0.2) is 8.42 Å². The van der Waals surface area contributed by atoms with Gasteiger partial charge in [0.15, 0.2) is 0 Å². The van der Waals surface area contributed by atoms with Crippen molar-refractivity contribution in [2.24, 2.45) is 0 Å². The van der Waals surface area contributed by atoms with Crippen LogP contribution in [0.3, 0.4) is 0 Å². The topological polar surface area (TPSA) is 34.1 Å². The highest BCUT2D eigenvalue weighted by Gasteiger charge is 1.81. The molecular formula is C3H8O2S2. The van der Waals surface area contributed by atoms with Gasteiger partial charge in [-0.2, -0.15) is 11.8 Å². The Kier molecular flexibility index (Phi) is 4.65. The molecule has 0 aromatic heterocycles. The normalized spacial score (nSPS) is 10.0. The van der Waals surface area contributed by atoms with Crippen molar-refractivity contribution in [1.29, 1.82) is 0 Å². The SMILES string of the molecule is CSCC[SH](=O)=O. The lowest BCUT2D eigenvalue weighted by Crippen LogP contribution is -1.88. The Morgan fingerprint density at radius 2 is 2.14 bits per heavy atom. The van der Waals surface area contributed by atoms with Crippen LogP contribution in [0.2, 0.25) is 0 Å². The van der Waals surface area contributed by atoms with E-state index in [-0.39, 0.29) is 0 Å². The fourth-order valence-electron chi connectivity index (χ4n) is 0.166. The van der Waals surface area contributed by atoms with Gasteiger partial charge < -0.3 is 0 Å². The van der Waals surface area contributed by atoms with E-state index in [1.54, 1.807) is 11.8 Å². The minimum absolute atomic E-state index is 0.316. The lowest BCUT2D eigenvalue weighted by atomic mass is 11.0. The second kappa shape index (κ2) is 4.46. The van der Waals surface area contributed by atoms with Crippen LogP contribution < -0.4 is 0 Å². The minimum atomic E-state index is -2.13. The van der Waals surface area contributed by atoms with Crippen molar-refractivity contribution < 1.29 is 8.42 Å². The summed E-state index contributed by atoms with van der Waals surface area (Å²) in [4.78, 5) is 0. The fourth-order valence-corrected chi connectivity index (χ4v) is 1.49. The predicted octanol–water partition coefficient (Wildman–Crippen LogP) is -0.0392. The monoisotopic (exact) mass is 140 g/mol. The molecule has 0 fully saturated rings. The Balaban J connectivity index is 2.98. The van der Waals surface area contributed by atoms with Crippen molar-refractivity contribution in [1.82, 2.24) is 0 Å². The van der Waals surface area contributed by atoms with E-state index in [4.69, 9.17) is 0 Å². The van der Waals surface area contributed by atoms with E-state index >= 15 is 0 Å². The summed E-state index contributed by atoms with van der Waals surface area (Å²) in [7, 11) is -2.13. The highest BCUT2D eigenvalue weighted by atomic mass is 32.2. The van der Waals surface area contributed by atoms with E-state index in [0.717, 1.165) is 5.75 Å². The van der Waals surface area contributed by atoms with E-state index in [1.165, 1.54) is 0 Å². The third-order valence-electron chi connectivity index (χ3n) is 0.478. The number of hydrogen-bond donors (Lipinski definition) is 1. The van der Waals surface area contributed by atoms with Gasteiger partial charge in [0.25, 0.3) is 0 Å². The van der Waals surface area contributed by atoms with Gasteiger partial charge in [-0.05, 0) is 6.26 Å². The van der Waals surface area contributed by atoms with Crippen molar-refractivity contribution in [3.8, 4) is 0 Å². The summed E-state index contributed by atoms with van der Waals surface area (Å²) < 4.78 is 19.6. The molecule has 0 radical (unpaired) electrons. The predicted molar refractivity (Wildman–Crippen MR) is 33.6 cm³/mol. The van der Waals surface area contributed by atoms with E-state index in [9.17, 15) is 8.42 Å². The van der Waals surface area contributed by atoms with E-state index in [2.05, 4.69) is 0 Å². The van der Waals surface area contributed by atoms with Gasteiger partial charge in [0, 0.05) is 5.75 Å². The molecule has 0 N–H and O–H groups in total. The Bertz CT molecular complexity index is 89.1. The molecule has 0 heterocycles. The van der Waals surface area contributed by atoms with E-state index < -0.39 is 10.7 Å². The van der Waals surface area contributed by atoms with Gasteiger partial charge in [0.2, 0.25) is 0 Å². The molecule has 0 bridgehead atoms. The lowest BCUT2D eigenvalue weighted by molar-refractivity contribution is 0.616. The zero-order valence-corrected chi connectivity index (χ0v) is 5.80. The molecule has 0 aromatic rings. The van der Waals surface area contributed by atoms with Crippen molar-refractivity contribution in [2.75, 3.05) is 17.8 Å². The number of thiol groups is 1. The Morgan fingerprint density at radius 1 is 1.57 bits per heavy atom. The van der Waals surface area contributed by atoms with Crippen LogP contribution >= 0.6 is 11.8 Å². The molecule has 0 aromatic carbocycles. The lowest BCUT2D eigenvalue weighted by Gasteiger charge is -1.81. The van der Waals surface area contributed by atoms with Crippen LogP contribution in [0, 0.1) is 0 Å². The van der Waals surface area contributed by atoms with Gasteiger partial charge in [-0.3, -0.25) is 0 Å². The molecule has 0 unspecified atom stereocenters. The smallest absolute Gasteiger partial charge is 0.140 e. The summed E-state index contributed by atoms with van der Waals surface area (Å²) >= 11 is 1.55. The summed E-state index contributed by atoms with van der Waals surface area (Å²) in [6.07, 6.45) is 1.89. The molecule has 0 atom stereocenters. The van der Waals surface area contributed by atoms with Gasteiger partial charge in [-0.1, -0.05) is 0 Å². The zero-order valence-electron chi connectivity index (χ0n) is 4.09. The van der Waals surface area contributed by atoms with Gasteiger partial charge in [-0.15, -0.1) is 0 Å². The average Bonchev–Trinajstić information content (AvgIpc) is 1.61. The largest absolute Gasteiger partial charge is 0.232 e. The average molecular weight is 140 g/mol. The van der Waals surface area contributed by atoms with Gasteiger partial charge in [0.05, 0.1) is 5.75 Å². The van der Waals surface area contributed by atoms with Crippen LogP contribution in [0.5, 0.6) is 0 Å². The van der Waals surface area contributed by atoms with Crippen LogP contribution in [-0.4, -0.2) is 26.2 Å². The van der Waals surface area contributed by atoms with E-state index in [1.807, 2.05) is 6.26 Å². The van der Waals surface area contributed by atoms with Crippen molar-refractivity contribution in [3.05, 3.63) is 0 Å². The number of thioether (sulfide) groups is 1. The maximum absolute atomic E-state index is 9.78. The van der Waals surface area contributed by atoms with Crippen LogP contribution in [0.4, 0.5) is 0 Å². The molecular weight excluding hydrogens is 132 g/mol. The molecule has 0 aliphatic heterocycles. The zero-order chi connectivity index (χ0) is 5.70. The molecule has 0 saturated heterocycles. The molecule has 0 aliphatic carbocycles. The molecule has 44 valence electrons. The summed E-state index contributed by atoms with van der Waals surface area (Å²) in [5, 5.41) is 0. The van der Waals surface area contributed by atoms with Gasteiger partial charge in [0.1, 0.15) is 10.7 Å². The molecule has 0 amide bonds. The third kappa shape index (κ3) is 6.30. The maximum atomic E-state index is 9.78. The van der Waals surface area contributed by atoms with Crippen LogP contribution in [0.25, 0.3) is 0 Å². The first-order valence-electron chi connectivity index (χ1n) is 1.88. The minimum Gasteiger partial charge on any atom is -0.232 e. The second-order valence-corrected chi connectivity index (χ2v) is 3.15. The molecule has 4 heteroatoms. The summed E-state index contributed by atoms with van der Waals surface area (Å²) in [5.74, 6) is 1.04. The quantitative estimate of drug-likeness (QED) is 0.559. The summed E-state index contributed by atoms with van der Waals surface area (Å²) in [5.41, 5.74) is 0. The molecule has 7 heavy (non-hydrogen) atoms. The first-order valence-corrected chi connectivity index (χ1v) is 4.63. The second-order valence-electron chi connectivity index (χ2n) is 1.05. The fraction of sp³-hybridized carbons (Fsp3) is 1.00.